The molecule has 3 aromatic carbocycles. The molecule has 4 rings (SSSR count). The SMILES string of the molecule is C=C[C@]1(O)C[C@@](COCc2ccccc2)(c2ccccc2)OC[C@H]1OCc1ccccc1. The fourth-order valence-electron chi connectivity index (χ4n) is 4.18. The van der Waals surface area contributed by atoms with Gasteiger partial charge in [-0.25, -0.2) is 0 Å². The lowest BCUT2D eigenvalue weighted by molar-refractivity contribution is -0.237. The van der Waals surface area contributed by atoms with E-state index >= 15 is 0 Å². The standard InChI is InChI=1S/C28H30O4/c1-2-27(29)21-28(25-16-10-5-11-17-25,22-30-18-23-12-6-3-7-13-23)32-20-26(27)31-19-24-14-8-4-9-15-24/h2-17,26,29H,1,18-22H2/t26-,27+,28-/m1/s1. The van der Waals surface area contributed by atoms with E-state index in [0.29, 0.717) is 26.2 Å². The van der Waals surface area contributed by atoms with Crippen molar-refractivity contribution in [1.29, 1.82) is 0 Å². The Bertz CT molecular complexity index is 976. The van der Waals surface area contributed by atoms with Crippen molar-refractivity contribution in [3.05, 3.63) is 120 Å². The van der Waals surface area contributed by atoms with Gasteiger partial charge in [0.1, 0.15) is 17.3 Å². The minimum Gasteiger partial charge on any atom is -0.383 e. The Labute approximate surface area is 190 Å². The van der Waals surface area contributed by atoms with Crippen molar-refractivity contribution >= 4 is 0 Å². The number of hydrogen-bond acceptors (Lipinski definition) is 4. The zero-order valence-electron chi connectivity index (χ0n) is 18.2. The van der Waals surface area contributed by atoms with Crippen molar-refractivity contribution in [3.63, 3.8) is 0 Å². The van der Waals surface area contributed by atoms with Gasteiger partial charge in [0.2, 0.25) is 0 Å². The average molecular weight is 431 g/mol. The molecule has 166 valence electrons. The van der Waals surface area contributed by atoms with Crippen molar-refractivity contribution in [2.24, 2.45) is 0 Å². The highest BCUT2D eigenvalue weighted by molar-refractivity contribution is 5.27. The number of rotatable bonds is 9. The van der Waals surface area contributed by atoms with Crippen LogP contribution in [0.2, 0.25) is 0 Å². The molecule has 0 unspecified atom stereocenters. The Hall–Kier alpha value is -2.76. The van der Waals surface area contributed by atoms with Crippen LogP contribution < -0.4 is 0 Å². The molecule has 1 saturated heterocycles. The normalized spacial score (nSPS) is 25.3. The number of benzene rings is 3. The van der Waals surface area contributed by atoms with Gasteiger partial charge in [-0.2, -0.15) is 0 Å². The Morgan fingerprint density at radius 1 is 0.875 bits per heavy atom. The van der Waals surface area contributed by atoms with E-state index in [4.69, 9.17) is 14.2 Å². The molecule has 0 bridgehead atoms. The van der Waals surface area contributed by atoms with E-state index in [0.717, 1.165) is 16.7 Å². The van der Waals surface area contributed by atoms with E-state index in [-0.39, 0.29) is 6.61 Å². The first-order valence-corrected chi connectivity index (χ1v) is 11.0. The second-order valence-corrected chi connectivity index (χ2v) is 8.31. The van der Waals surface area contributed by atoms with Crippen molar-refractivity contribution in [1.82, 2.24) is 0 Å². The first kappa shape index (κ1) is 22.4. The lowest BCUT2D eigenvalue weighted by Gasteiger charge is -2.48. The van der Waals surface area contributed by atoms with Crippen LogP contribution in [0.4, 0.5) is 0 Å². The summed E-state index contributed by atoms with van der Waals surface area (Å²) in [6, 6.07) is 29.9. The van der Waals surface area contributed by atoms with Gasteiger partial charge in [0.15, 0.2) is 0 Å². The highest BCUT2D eigenvalue weighted by atomic mass is 16.6. The predicted molar refractivity (Wildman–Crippen MR) is 125 cm³/mol. The summed E-state index contributed by atoms with van der Waals surface area (Å²) in [6.07, 6.45) is 1.35. The largest absolute Gasteiger partial charge is 0.383 e. The molecule has 4 heteroatoms. The quantitative estimate of drug-likeness (QED) is 0.484. The van der Waals surface area contributed by atoms with Crippen molar-refractivity contribution in [2.75, 3.05) is 13.2 Å². The van der Waals surface area contributed by atoms with Crippen molar-refractivity contribution in [3.8, 4) is 0 Å². The monoisotopic (exact) mass is 430 g/mol. The molecule has 1 heterocycles. The van der Waals surface area contributed by atoms with Crippen LogP contribution >= 0.6 is 0 Å². The molecule has 32 heavy (non-hydrogen) atoms. The van der Waals surface area contributed by atoms with Crippen LogP contribution in [0.3, 0.4) is 0 Å². The first-order valence-electron chi connectivity index (χ1n) is 11.0. The summed E-state index contributed by atoms with van der Waals surface area (Å²) < 4.78 is 18.6. The minimum atomic E-state index is -1.25. The average Bonchev–Trinajstić information content (AvgIpc) is 2.85. The zero-order chi connectivity index (χ0) is 22.3. The molecule has 1 N–H and O–H groups in total. The first-order chi connectivity index (χ1) is 15.6. The minimum absolute atomic E-state index is 0.235. The molecular weight excluding hydrogens is 400 g/mol. The fraction of sp³-hybridized carbons (Fsp3) is 0.286. The van der Waals surface area contributed by atoms with E-state index < -0.39 is 17.3 Å². The summed E-state index contributed by atoms with van der Waals surface area (Å²) in [6.45, 7) is 5.34. The zero-order valence-corrected chi connectivity index (χ0v) is 18.2. The van der Waals surface area contributed by atoms with E-state index in [1.807, 2.05) is 91.0 Å². The Balaban J connectivity index is 1.51. The van der Waals surface area contributed by atoms with E-state index in [1.165, 1.54) is 0 Å². The molecular formula is C28H30O4. The van der Waals surface area contributed by atoms with Crippen LogP contribution in [-0.2, 0) is 33.0 Å². The second kappa shape index (κ2) is 10.2. The molecule has 0 amide bonds. The predicted octanol–water partition coefficient (Wildman–Crippen LogP) is 5.02. The molecule has 0 radical (unpaired) electrons. The third kappa shape index (κ3) is 5.17. The molecule has 0 spiro atoms. The highest BCUT2D eigenvalue weighted by Gasteiger charge is 2.50. The molecule has 3 atom stereocenters. The van der Waals surface area contributed by atoms with Gasteiger partial charge in [-0.05, 0) is 16.7 Å². The second-order valence-electron chi connectivity index (χ2n) is 8.31. The third-order valence-corrected chi connectivity index (χ3v) is 6.03. The number of hydrogen-bond donors (Lipinski definition) is 1. The van der Waals surface area contributed by atoms with Crippen LogP contribution in [-0.4, -0.2) is 30.0 Å². The van der Waals surface area contributed by atoms with Gasteiger partial charge in [-0.3, -0.25) is 0 Å². The van der Waals surface area contributed by atoms with Crippen LogP contribution in [0, 0.1) is 0 Å². The fourth-order valence-corrected chi connectivity index (χ4v) is 4.18. The van der Waals surface area contributed by atoms with Crippen LogP contribution in [0.25, 0.3) is 0 Å². The lowest BCUT2D eigenvalue weighted by Crippen LogP contribution is -2.57. The van der Waals surface area contributed by atoms with E-state index in [2.05, 4.69) is 6.58 Å². The summed E-state index contributed by atoms with van der Waals surface area (Å²) in [4.78, 5) is 0. The third-order valence-electron chi connectivity index (χ3n) is 6.03. The van der Waals surface area contributed by atoms with Gasteiger partial charge in [0.05, 0.1) is 26.4 Å². The van der Waals surface area contributed by atoms with Gasteiger partial charge in [-0.15, -0.1) is 6.58 Å². The van der Waals surface area contributed by atoms with Gasteiger partial charge >= 0.3 is 0 Å². The van der Waals surface area contributed by atoms with Gasteiger partial charge < -0.3 is 19.3 Å². The Morgan fingerprint density at radius 3 is 2.03 bits per heavy atom. The maximum absolute atomic E-state index is 11.6. The van der Waals surface area contributed by atoms with Crippen molar-refractivity contribution < 1.29 is 19.3 Å². The van der Waals surface area contributed by atoms with Crippen LogP contribution in [0.15, 0.2) is 104 Å². The Kier molecular flexibility index (Phi) is 7.18. The number of aliphatic hydroxyl groups is 1. The summed E-state index contributed by atoms with van der Waals surface area (Å²) in [5.41, 5.74) is 1.05. The molecule has 0 aliphatic carbocycles. The van der Waals surface area contributed by atoms with E-state index in [9.17, 15) is 5.11 Å². The van der Waals surface area contributed by atoms with Crippen molar-refractivity contribution in [2.45, 2.75) is 36.9 Å². The van der Waals surface area contributed by atoms with E-state index in [1.54, 1.807) is 6.08 Å². The Morgan fingerprint density at radius 2 is 1.44 bits per heavy atom. The van der Waals surface area contributed by atoms with Gasteiger partial charge in [0, 0.05) is 6.42 Å². The molecule has 1 aliphatic rings. The maximum Gasteiger partial charge on any atom is 0.120 e. The summed E-state index contributed by atoms with van der Waals surface area (Å²) in [7, 11) is 0. The molecule has 1 aliphatic heterocycles. The molecule has 4 nitrogen and oxygen atoms in total. The molecule has 0 saturated carbocycles. The van der Waals surface area contributed by atoms with Gasteiger partial charge in [0.25, 0.3) is 0 Å². The highest BCUT2D eigenvalue weighted by Crippen LogP contribution is 2.42. The smallest absolute Gasteiger partial charge is 0.120 e. The molecule has 1 fully saturated rings. The maximum atomic E-state index is 11.6. The van der Waals surface area contributed by atoms with Crippen LogP contribution in [0.1, 0.15) is 23.1 Å². The summed E-state index contributed by atoms with van der Waals surface area (Å²) in [5, 5.41) is 11.6. The topological polar surface area (TPSA) is 47.9 Å². The van der Waals surface area contributed by atoms with Crippen LogP contribution in [0.5, 0.6) is 0 Å². The lowest BCUT2D eigenvalue weighted by atomic mass is 9.77. The molecule has 0 aromatic heterocycles. The molecule has 3 aromatic rings. The van der Waals surface area contributed by atoms with Gasteiger partial charge in [-0.1, -0.05) is 97.1 Å². The summed E-state index contributed by atoms with van der Waals surface area (Å²) >= 11 is 0. The summed E-state index contributed by atoms with van der Waals surface area (Å²) in [5.74, 6) is 0. The number of ether oxygens (including phenoxy) is 3.